The second-order valence-corrected chi connectivity index (χ2v) is 4.24. The van der Waals surface area contributed by atoms with E-state index >= 15 is 0 Å². The lowest BCUT2D eigenvalue weighted by molar-refractivity contribution is 0.318. The molecule has 0 fully saturated rings. The zero-order valence-electron chi connectivity index (χ0n) is 10.9. The van der Waals surface area contributed by atoms with Gasteiger partial charge in [-0.15, -0.1) is 0 Å². The van der Waals surface area contributed by atoms with Gasteiger partial charge in [0.05, 0.1) is 0 Å². The number of rotatable bonds is 3. The molecule has 0 aliphatic carbocycles. The number of aromatic nitrogens is 1. The Hall–Kier alpha value is -2.56. The molecule has 2 aromatic rings. The van der Waals surface area contributed by atoms with E-state index in [1.54, 1.807) is 18.3 Å². The fourth-order valence-corrected chi connectivity index (χ4v) is 1.86. The van der Waals surface area contributed by atoms with Crippen LogP contribution in [0.3, 0.4) is 0 Å². The highest BCUT2D eigenvalue weighted by atomic mass is 16.4. The summed E-state index contributed by atoms with van der Waals surface area (Å²) in [5, 5.41) is 11.6. The molecule has 3 N–H and O–H groups in total. The molecule has 0 amide bonds. The van der Waals surface area contributed by atoms with E-state index in [1.165, 1.54) is 0 Å². The topological polar surface area (TPSA) is 74.7 Å². The molecule has 0 aliphatic rings. The number of hydrogen-bond acceptors (Lipinski definition) is 4. The van der Waals surface area contributed by atoms with Gasteiger partial charge in [-0.3, -0.25) is 0 Å². The van der Waals surface area contributed by atoms with Crippen molar-refractivity contribution in [3.05, 3.63) is 53.7 Å². The predicted octanol–water partition coefficient (Wildman–Crippen LogP) is 2.25. The molecule has 2 rings (SSSR count). The lowest BCUT2D eigenvalue weighted by atomic mass is 10.1. The van der Waals surface area contributed by atoms with Crippen LogP contribution in [0.2, 0.25) is 0 Å². The highest BCUT2D eigenvalue weighted by Crippen LogP contribution is 2.24. The Kier molecular flexibility index (Phi) is 3.66. The highest BCUT2D eigenvalue weighted by Gasteiger charge is 2.08. The molecule has 5 nitrogen and oxygen atoms in total. The van der Waals surface area contributed by atoms with Crippen molar-refractivity contribution in [1.82, 2.24) is 4.98 Å². The number of nitrogens with zero attached hydrogens (tertiary/aromatic N) is 3. The maximum absolute atomic E-state index is 8.62. The van der Waals surface area contributed by atoms with Crippen LogP contribution in [0.25, 0.3) is 0 Å². The van der Waals surface area contributed by atoms with Crippen LogP contribution in [0.15, 0.2) is 47.8 Å². The van der Waals surface area contributed by atoms with Gasteiger partial charge in [0.15, 0.2) is 5.84 Å². The molecular weight excluding hydrogens is 240 g/mol. The Labute approximate surface area is 112 Å². The number of oxime groups is 1. The summed E-state index contributed by atoms with van der Waals surface area (Å²) in [5.41, 5.74) is 8.29. The minimum atomic E-state index is 0.100. The summed E-state index contributed by atoms with van der Waals surface area (Å²) in [6.07, 6.45) is 1.77. The summed E-state index contributed by atoms with van der Waals surface area (Å²) < 4.78 is 0. The molecule has 0 saturated carbocycles. The van der Waals surface area contributed by atoms with Crippen LogP contribution in [0.4, 0.5) is 11.5 Å². The SMILES string of the molecule is Cc1cccnc1N(C)c1ccc(C(N)=NO)cc1. The molecule has 98 valence electrons. The van der Waals surface area contributed by atoms with Gasteiger partial charge < -0.3 is 15.8 Å². The van der Waals surface area contributed by atoms with E-state index in [9.17, 15) is 0 Å². The third kappa shape index (κ3) is 2.65. The smallest absolute Gasteiger partial charge is 0.170 e. The van der Waals surface area contributed by atoms with Crippen molar-refractivity contribution in [2.45, 2.75) is 6.92 Å². The van der Waals surface area contributed by atoms with Crippen LogP contribution in [0.5, 0.6) is 0 Å². The van der Waals surface area contributed by atoms with Gasteiger partial charge in [-0.05, 0) is 42.8 Å². The molecule has 1 aromatic carbocycles. The van der Waals surface area contributed by atoms with E-state index in [2.05, 4.69) is 10.1 Å². The summed E-state index contributed by atoms with van der Waals surface area (Å²) in [7, 11) is 1.95. The monoisotopic (exact) mass is 256 g/mol. The number of anilines is 2. The summed E-state index contributed by atoms with van der Waals surface area (Å²) in [6, 6.07) is 11.3. The van der Waals surface area contributed by atoms with Crippen LogP contribution in [-0.2, 0) is 0 Å². The molecule has 1 aromatic heterocycles. The molecular formula is C14H16N4O. The first-order valence-corrected chi connectivity index (χ1v) is 5.87. The Morgan fingerprint density at radius 2 is 1.95 bits per heavy atom. The molecule has 0 spiro atoms. The van der Waals surface area contributed by atoms with E-state index < -0.39 is 0 Å². The zero-order valence-corrected chi connectivity index (χ0v) is 10.9. The van der Waals surface area contributed by atoms with Crippen LogP contribution in [0.1, 0.15) is 11.1 Å². The lowest BCUT2D eigenvalue weighted by Gasteiger charge is -2.20. The Bertz CT molecular complexity index is 593. The number of benzene rings is 1. The number of hydrogen-bond donors (Lipinski definition) is 2. The van der Waals surface area contributed by atoms with Gasteiger partial charge in [0.1, 0.15) is 5.82 Å². The first kappa shape index (κ1) is 12.9. The van der Waals surface area contributed by atoms with Gasteiger partial charge in [0.25, 0.3) is 0 Å². The normalized spacial score (nSPS) is 11.4. The average molecular weight is 256 g/mol. The van der Waals surface area contributed by atoms with E-state index in [0.29, 0.717) is 5.56 Å². The van der Waals surface area contributed by atoms with Crippen molar-refractivity contribution in [3.63, 3.8) is 0 Å². The average Bonchev–Trinajstić information content (AvgIpc) is 2.46. The number of aryl methyl sites for hydroxylation is 1. The Morgan fingerprint density at radius 3 is 2.53 bits per heavy atom. The van der Waals surface area contributed by atoms with Crippen LogP contribution in [-0.4, -0.2) is 23.1 Å². The predicted molar refractivity (Wildman–Crippen MR) is 76.0 cm³/mol. The molecule has 0 bridgehead atoms. The molecule has 0 atom stereocenters. The van der Waals surface area contributed by atoms with Gasteiger partial charge in [-0.1, -0.05) is 11.2 Å². The Morgan fingerprint density at radius 1 is 1.26 bits per heavy atom. The van der Waals surface area contributed by atoms with Crippen molar-refractivity contribution >= 4 is 17.3 Å². The third-order valence-corrected chi connectivity index (χ3v) is 2.96. The standard InChI is InChI=1S/C14H16N4O/c1-10-4-3-9-16-14(10)18(2)12-7-5-11(6-8-12)13(15)17-19/h3-9,19H,1-2H3,(H2,15,17). The molecule has 1 heterocycles. The van der Waals surface area contributed by atoms with Crippen molar-refractivity contribution in [1.29, 1.82) is 0 Å². The quantitative estimate of drug-likeness (QED) is 0.382. The molecule has 0 saturated heterocycles. The van der Waals surface area contributed by atoms with Crippen molar-refractivity contribution in [2.24, 2.45) is 10.9 Å². The highest BCUT2D eigenvalue weighted by molar-refractivity contribution is 5.97. The summed E-state index contributed by atoms with van der Waals surface area (Å²) in [5.74, 6) is 1.00. The van der Waals surface area contributed by atoms with Gasteiger partial charge in [-0.2, -0.15) is 0 Å². The fourth-order valence-electron chi connectivity index (χ4n) is 1.86. The molecule has 0 aliphatic heterocycles. The zero-order chi connectivity index (χ0) is 13.8. The largest absolute Gasteiger partial charge is 0.409 e. The molecule has 0 radical (unpaired) electrons. The molecule has 19 heavy (non-hydrogen) atoms. The number of amidine groups is 1. The van der Waals surface area contributed by atoms with Crippen molar-refractivity contribution < 1.29 is 5.21 Å². The van der Waals surface area contributed by atoms with Gasteiger partial charge in [0.2, 0.25) is 0 Å². The summed E-state index contributed by atoms with van der Waals surface area (Å²) in [4.78, 5) is 6.36. The second-order valence-electron chi connectivity index (χ2n) is 4.24. The van der Waals surface area contributed by atoms with Crippen molar-refractivity contribution in [2.75, 3.05) is 11.9 Å². The fraction of sp³-hybridized carbons (Fsp3) is 0.143. The van der Waals surface area contributed by atoms with Gasteiger partial charge in [0, 0.05) is 24.5 Å². The maximum Gasteiger partial charge on any atom is 0.170 e. The van der Waals surface area contributed by atoms with Crippen LogP contribution in [0, 0.1) is 6.92 Å². The number of nitrogens with two attached hydrogens (primary N) is 1. The maximum atomic E-state index is 8.62. The van der Waals surface area contributed by atoms with Gasteiger partial charge in [-0.25, -0.2) is 4.98 Å². The summed E-state index contributed by atoms with van der Waals surface area (Å²) in [6.45, 7) is 2.02. The number of pyridine rings is 1. The van der Waals surface area contributed by atoms with Crippen molar-refractivity contribution in [3.8, 4) is 0 Å². The van der Waals surface area contributed by atoms with E-state index in [1.807, 2.05) is 43.1 Å². The van der Waals surface area contributed by atoms with E-state index in [0.717, 1.165) is 17.1 Å². The molecule has 0 unspecified atom stereocenters. The van der Waals surface area contributed by atoms with Gasteiger partial charge >= 0.3 is 0 Å². The third-order valence-electron chi connectivity index (χ3n) is 2.96. The second kappa shape index (κ2) is 5.39. The van der Waals surface area contributed by atoms with E-state index in [4.69, 9.17) is 10.9 Å². The Balaban J connectivity index is 2.30. The van der Waals surface area contributed by atoms with E-state index in [-0.39, 0.29) is 5.84 Å². The molecule has 5 heteroatoms. The first-order chi connectivity index (χ1) is 9.13. The van der Waals surface area contributed by atoms with Crippen LogP contribution < -0.4 is 10.6 Å². The minimum absolute atomic E-state index is 0.100. The van der Waals surface area contributed by atoms with Crippen LogP contribution >= 0.6 is 0 Å². The first-order valence-electron chi connectivity index (χ1n) is 5.87. The summed E-state index contributed by atoms with van der Waals surface area (Å²) >= 11 is 0. The minimum Gasteiger partial charge on any atom is -0.409 e. The lowest BCUT2D eigenvalue weighted by Crippen LogP contribution is -2.15.